The predicted molar refractivity (Wildman–Crippen MR) is 50.6 cm³/mol. The maximum Gasteiger partial charge on any atom is 0.261 e. The second-order valence-electron chi connectivity index (χ2n) is 2.89. The minimum atomic E-state index is -2.40. The van der Waals surface area contributed by atoms with Crippen LogP contribution < -0.4 is 5.32 Å². The Balaban J connectivity index is 1.98. The summed E-state index contributed by atoms with van der Waals surface area (Å²) in [6.45, 7) is 0.911. The Morgan fingerprint density at radius 2 is 2.07 bits per heavy atom. The van der Waals surface area contributed by atoms with E-state index in [-0.39, 0.29) is 6.61 Å². The lowest BCUT2D eigenvalue weighted by molar-refractivity contribution is 0.0187. The fourth-order valence-corrected chi connectivity index (χ4v) is 0.971. The topological polar surface area (TPSA) is 47.0 Å². The van der Waals surface area contributed by atoms with Crippen LogP contribution in [-0.2, 0) is 11.3 Å². The first-order chi connectivity index (χ1) is 7.29. The van der Waals surface area contributed by atoms with Crippen LogP contribution >= 0.6 is 0 Å². The van der Waals surface area contributed by atoms with Gasteiger partial charge in [0.15, 0.2) is 0 Å². The van der Waals surface area contributed by atoms with E-state index in [1.54, 1.807) is 12.4 Å². The van der Waals surface area contributed by atoms with E-state index in [0.717, 1.165) is 5.56 Å². The smallest absolute Gasteiger partial charge is 0.261 e. The van der Waals surface area contributed by atoms with Crippen molar-refractivity contribution in [2.75, 3.05) is 19.8 Å². The lowest BCUT2D eigenvalue weighted by atomic mass is 10.3. The standard InChI is InChI=1S/C9H13F2N3O/c10-9(11)6-15-2-1-12-3-8-4-13-7-14-5-8/h4-5,7,9,12H,1-3,6H2. The first kappa shape index (κ1) is 11.9. The number of rotatable bonds is 7. The molecule has 1 N–H and O–H groups in total. The number of nitrogens with one attached hydrogen (secondary N) is 1. The molecule has 0 bridgehead atoms. The summed E-state index contributed by atoms with van der Waals surface area (Å²) < 4.78 is 28.0. The Kier molecular flexibility index (Phi) is 5.72. The molecular formula is C9H13F2N3O. The number of alkyl halides is 2. The lowest BCUT2D eigenvalue weighted by Gasteiger charge is -2.05. The molecule has 1 heterocycles. The normalized spacial score (nSPS) is 10.9. The molecule has 0 saturated heterocycles. The molecule has 0 amide bonds. The highest BCUT2D eigenvalue weighted by atomic mass is 19.3. The largest absolute Gasteiger partial charge is 0.374 e. The number of ether oxygens (including phenoxy) is 1. The van der Waals surface area contributed by atoms with Crippen molar-refractivity contribution in [2.24, 2.45) is 0 Å². The molecule has 15 heavy (non-hydrogen) atoms. The van der Waals surface area contributed by atoms with Crippen LogP contribution in [0.15, 0.2) is 18.7 Å². The van der Waals surface area contributed by atoms with Crippen molar-refractivity contribution in [2.45, 2.75) is 13.0 Å². The van der Waals surface area contributed by atoms with Crippen molar-refractivity contribution in [3.05, 3.63) is 24.3 Å². The minimum absolute atomic E-state index is 0.276. The van der Waals surface area contributed by atoms with Gasteiger partial charge in [0.25, 0.3) is 6.43 Å². The van der Waals surface area contributed by atoms with Crippen LogP contribution in [0.5, 0.6) is 0 Å². The quantitative estimate of drug-likeness (QED) is 0.688. The Labute approximate surface area is 86.7 Å². The predicted octanol–water partition coefficient (Wildman–Crippen LogP) is 0.848. The van der Waals surface area contributed by atoms with Crippen LogP contribution in [-0.4, -0.2) is 36.2 Å². The van der Waals surface area contributed by atoms with Crippen LogP contribution in [0.2, 0.25) is 0 Å². The van der Waals surface area contributed by atoms with Gasteiger partial charge in [0.05, 0.1) is 6.61 Å². The zero-order valence-corrected chi connectivity index (χ0v) is 8.20. The fraction of sp³-hybridized carbons (Fsp3) is 0.556. The molecule has 0 aliphatic rings. The van der Waals surface area contributed by atoms with Gasteiger partial charge in [0, 0.05) is 31.0 Å². The van der Waals surface area contributed by atoms with Gasteiger partial charge in [0.1, 0.15) is 12.9 Å². The monoisotopic (exact) mass is 217 g/mol. The lowest BCUT2D eigenvalue weighted by Crippen LogP contribution is -2.20. The Hall–Kier alpha value is -1.14. The van der Waals surface area contributed by atoms with Crippen LogP contribution in [0.25, 0.3) is 0 Å². The second kappa shape index (κ2) is 7.19. The van der Waals surface area contributed by atoms with Gasteiger partial charge in [-0.2, -0.15) is 0 Å². The zero-order chi connectivity index (χ0) is 10.9. The molecular weight excluding hydrogens is 204 g/mol. The van der Waals surface area contributed by atoms with Crippen LogP contribution in [0.1, 0.15) is 5.56 Å². The summed E-state index contributed by atoms with van der Waals surface area (Å²) in [5.41, 5.74) is 0.950. The highest BCUT2D eigenvalue weighted by molar-refractivity contribution is 5.01. The minimum Gasteiger partial charge on any atom is -0.374 e. The van der Waals surface area contributed by atoms with Crippen molar-refractivity contribution in [1.82, 2.24) is 15.3 Å². The highest BCUT2D eigenvalue weighted by Crippen LogP contribution is 1.92. The van der Waals surface area contributed by atoms with Gasteiger partial charge in [0.2, 0.25) is 0 Å². The zero-order valence-electron chi connectivity index (χ0n) is 8.20. The first-order valence-corrected chi connectivity index (χ1v) is 4.59. The van der Waals surface area contributed by atoms with E-state index in [4.69, 9.17) is 0 Å². The van der Waals surface area contributed by atoms with Gasteiger partial charge in [-0.3, -0.25) is 0 Å². The number of nitrogens with zero attached hydrogens (tertiary/aromatic N) is 2. The van der Waals surface area contributed by atoms with Crippen molar-refractivity contribution in [3.63, 3.8) is 0 Å². The van der Waals surface area contributed by atoms with Crippen molar-refractivity contribution in [1.29, 1.82) is 0 Å². The first-order valence-electron chi connectivity index (χ1n) is 4.59. The van der Waals surface area contributed by atoms with Crippen molar-refractivity contribution in [3.8, 4) is 0 Å². The van der Waals surface area contributed by atoms with E-state index < -0.39 is 13.0 Å². The summed E-state index contributed by atoms with van der Waals surface area (Å²) in [5.74, 6) is 0. The van der Waals surface area contributed by atoms with E-state index in [2.05, 4.69) is 20.0 Å². The molecule has 0 aliphatic carbocycles. The SMILES string of the molecule is FC(F)COCCNCc1cncnc1. The maximum absolute atomic E-state index is 11.6. The van der Waals surface area contributed by atoms with Crippen molar-refractivity contribution >= 4 is 0 Å². The van der Waals surface area contributed by atoms with Crippen molar-refractivity contribution < 1.29 is 13.5 Å². The molecule has 84 valence electrons. The Bertz CT molecular complexity index is 259. The van der Waals surface area contributed by atoms with Crippen LogP contribution in [0, 0.1) is 0 Å². The summed E-state index contributed by atoms with van der Waals surface area (Å²) in [6, 6.07) is 0. The summed E-state index contributed by atoms with van der Waals surface area (Å²) >= 11 is 0. The molecule has 1 aromatic heterocycles. The van der Waals surface area contributed by atoms with E-state index in [1.165, 1.54) is 6.33 Å². The Morgan fingerprint density at radius 3 is 2.73 bits per heavy atom. The third-order valence-electron chi connectivity index (χ3n) is 1.61. The van der Waals surface area contributed by atoms with Crippen LogP contribution in [0.4, 0.5) is 8.78 Å². The van der Waals surface area contributed by atoms with E-state index >= 15 is 0 Å². The van der Waals surface area contributed by atoms with Gasteiger partial charge in [-0.25, -0.2) is 18.7 Å². The van der Waals surface area contributed by atoms with Gasteiger partial charge in [-0.15, -0.1) is 0 Å². The molecule has 0 atom stereocenters. The molecule has 1 aromatic rings. The average molecular weight is 217 g/mol. The average Bonchev–Trinajstić information content (AvgIpc) is 2.24. The third kappa shape index (κ3) is 6.03. The number of hydrogen-bond acceptors (Lipinski definition) is 4. The third-order valence-corrected chi connectivity index (χ3v) is 1.61. The molecule has 6 heteroatoms. The van der Waals surface area contributed by atoms with E-state index in [9.17, 15) is 8.78 Å². The highest BCUT2D eigenvalue weighted by Gasteiger charge is 2.00. The molecule has 0 aliphatic heterocycles. The van der Waals surface area contributed by atoms with Gasteiger partial charge >= 0.3 is 0 Å². The molecule has 0 spiro atoms. The van der Waals surface area contributed by atoms with Gasteiger partial charge < -0.3 is 10.1 Å². The second-order valence-corrected chi connectivity index (χ2v) is 2.89. The maximum atomic E-state index is 11.6. The van der Waals surface area contributed by atoms with Crippen LogP contribution in [0.3, 0.4) is 0 Å². The molecule has 4 nitrogen and oxygen atoms in total. The summed E-state index contributed by atoms with van der Waals surface area (Å²) in [5, 5.41) is 3.03. The summed E-state index contributed by atoms with van der Waals surface area (Å²) in [4.78, 5) is 7.68. The molecule has 0 fully saturated rings. The molecule has 0 aromatic carbocycles. The molecule has 0 unspecified atom stereocenters. The summed E-state index contributed by atoms with van der Waals surface area (Å²) in [6.07, 6.45) is 2.45. The fourth-order valence-electron chi connectivity index (χ4n) is 0.971. The van der Waals surface area contributed by atoms with Gasteiger partial charge in [-0.1, -0.05) is 0 Å². The number of aromatic nitrogens is 2. The summed E-state index contributed by atoms with van der Waals surface area (Å²) in [7, 11) is 0. The molecule has 0 radical (unpaired) electrons. The number of hydrogen-bond donors (Lipinski definition) is 1. The number of halogens is 2. The Morgan fingerprint density at radius 1 is 1.33 bits per heavy atom. The van der Waals surface area contributed by atoms with Gasteiger partial charge in [-0.05, 0) is 0 Å². The molecule has 1 rings (SSSR count). The van der Waals surface area contributed by atoms with E-state index in [0.29, 0.717) is 13.1 Å². The molecule has 0 saturated carbocycles. The van der Waals surface area contributed by atoms with E-state index in [1.807, 2.05) is 0 Å².